The molecule has 1 N–H and O–H groups in total. The lowest BCUT2D eigenvalue weighted by molar-refractivity contribution is 0.143. The number of carboxylic acid groups (broad SMARTS) is 1. The maximum atomic E-state index is 10.6. The number of hydrogen-bond acceptors (Lipinski definition) is 4. The molecule has 6 heteroatoms. The number of amides is 1. The molecule has 0 aliphatic carbocycles. The summed E-state index contributed by atoms with van der Waals surface area (Å²) in [5, 5.41) is 8.74. The zero-order valence-electron chi connectivity index (χ0n) is 8.04. The highest BCUT2D eigenvalue weighted by atomic mass is 16.5. The second-order valence-electron chi connectivity index (χ2n) is 3.29. The maximum Gasteiger partial charge on any atom is 0.407 e. The molecule has 1 saturated heterocycles. The smallest absolute Gasteiger partial charge is 0.407 e. The number of rotatable bonds is 2. The molecule has 6 nitrogen and oxygen atoms in total. The van der Waals surface area contributed by atoms with Crippen LogP contribution in [-0.2, 0) is 0 Å². The SMILES string of the molecule is O=C(O)N1CC[C@H](Oc2ncccn2)C1. The Kier molecular flexibility index (Phi) is 2.66. The van der Waals surface area contributed by atoms with Gasteiger partial charge in [-0.3, -0.25) is 0 Å². The molecular formula is C9H11N3O3. The molecule has 80 valence electrons. The quantitative estimate of drug-likeness (QED) is 0.772. The molecule has 2 heterocycles. The Bertz CT molecular complexity index is 344. The van der Waals surface area contributed by atoms with Crippen LogP contribution in [0.5, 0.6) is 6.01 Å². The van der Waals surface area contributed by atoms with Gasteiger partial charge in [-0.1, -0.05) is 0 Å². The van der Waals surface area contributed by atoms with Crippen molar-refractivity contribution in [3.8, 4) is 6.01 Å². The van der Waals surface area contributed by atoms with Crippen LogP contribution in [0.4, 0.5) is 4.79 Å². The van der Waals surface area contributed by atoms with E-state index in [-0.39, 0.29) is 6.10 Å². The maximum absolute atomic E-state index is 10.6. The lowest BCUT2D eigenvalue weighted by atomic mass is 10.3. The van der Waals surface area contributed by atoms with E-state index >= 15 is 0 Å². The van der Waals surface area contributed by atoms with E-state index in [0.717, 1.165) is 0 Å². The molecule has 1 aromatic heterocycles. The van der Waals surface area contributed by atoms with Crippen molar-refractivity contribution in [3.05, 3.63) is 18.5 Å². The van der Waals surface area contributed by atoms with Crippen LogP contribution in [-0.4, -0.2) is 45.3 Å². The lowest BCUT2D eigenvalue weighted by Gasteiger charge is -2.12. The molecule has 0 bridgehead atoms. The summed E-state index contributed by atoms with van der Waals surface area (Å²) in [5.41, 5.74) is 0. The van der Waals surface area contributed by atoms with Crippen molar-refractivity contribution in [2.75, 3.05) is 13.1 Å². The van der Waals surface area contributed by atoms with Crippen LogP contribution < -0.4 is 4.74 Å². The minimum atomic E-state index is -0.907. The number of hydrogen-bond donors (Lipinski definition) is 1. The Balaban J connectivity index is 1.90. The molecule has 15 heavy (non-hydrogen) atoms. The topological polar surface area (TPSA) is 75.5 Å². The molecule has 1 aliphatic heterocycles. The van der Waals surface area contributed by atoms with Crippen LogP contribution in [0.2, 0.25) is 0 Å². The van der Waals surface area contributed by atoms with Gasteiger partial charge < -0.3 is 14.7 Å². The normalized spacial score (nSPS) is 20.3. The Labute approximate surface area is 86.5 Å². The van der Waals surface area contributed by atoms with Crippen molar-refractivity contribution in [3.63, 3.8) is 0 Å². The number of carbonyl (C=O) groups is 1. The zero-order valence-corrected chi connectivity index (χ0v) is 8.04. The van der Waals surface area contributed by atoms with Crippen LogP contribution in [0.15, 0.2) is 18.5 Å². The van der Waals surface area contributed by atoms with Crippen LogP contribution in [0, 0.1) is 0 Å². The molecule has 1 fully saturated rings. The molecule has 0 saturated carbocycles. The lowest BCUT2D eigenvalue weighted by Crippen LogP contribution is -2.29. The van der Waals surface area contributed by atoms with Crippen molar-refractivity contribution in [2.45, 2.75) is 12.5 Å². The van der Waals surface area contributed by atoms with Gasteiger partial charge in [0.2, 0.25) is 0 Å². The highest BCUT2D eigenvalue weighted by Crippen LogP contribution is 2.14. The van der Waals surface area contributed by atoms with E-state index in [9.17, 15) is 4.79 Å². The second-order valence-corrected chi connectivity index (χ2v) is 3.29. The van der Waals surface area contributed by atoms with Gasteiger partial charge in [-0.2, -0.15) is 0 Å². The molecule has 0 radical (unpaired) electrons. The van der Waals surface area contributed by atoms with Crippen LogP contribution in [0.1, 0.15) is 6.42 Å². The number of ether oxygens (including phenoxy) is 1. The minimum Gasteiger partial charge on any atom is -0.465 e. The molecule has 0 unspecified atom stereocenters. The van der Waals surface area contributed by atoms with Crippen molar-refractivity contribution in [1.29, 1.82) is 0 Å². The fourth-order valence-electron chi connectivity index (χ4n) is 1.49. The summed E-state index contributed by atoms with van der Waals surface area (Å²) >= 11 is 0. The van der Waals surface area contributed by atoms with Crippen molar-refractivity contribution < 1.29 is 14.6 Å². The van der Waals surface area contributed by atoms with Crippen LogP contribution in [0.25, 0.3) is 0 Å². The molecule has 0 spiro atoms. The third-order valence-corrected chi connectivity index (χ3v) is 2.23. The van der Waals surface area contributed by atoms with E-state index in [1.807, 2.05) is 0 Å². The molecular weight excluding hydrogens is 198 g/mol. The fourth-order valence-corrected chi connectivity index (χ4v) is 1.49. The van der Waals surface area contributed by atoms with E-state index in [4.69, 9.17) is 9.84 Å². The largest absolute Gasteiger partial charge is 0.465 e. The van der Waals surface area contributed by atoms with Crippen LogP contribution in [0.3, 0.4) is 0 Å². The third kappa shape index (κ3) is 2.34. The Morgan fingerprint density at radius 2 is 2.27 bits per heavy atom. The molecule has 1 atom stereocenters. The Morgan fingerprint density at radius 3 is 2.87 bits per heavy atom. The second kappa shape index (κ2) is 4.12. The summed E-state index contributed by atoms with van der Waals surface area (Å²) in [6.45, 7) is 0.889. The van der Waals surface area contributed by atoms with Gasteiger partial charge in [0.15, 0.2) is 0 Å². The van der Waals surface area contributed by atoms with Crippen molar-refractivity contribution in [2.24, 2.45) is 0 Å². The minimum absolute atomic E-state index is 0.136. The summed E-state index contributed by atoms with van der Waals surface area (Å²) < 4.78 is 5.43. The number of aromatic nitrogens is 2. The molecule has 2 rings (SSSR count). The van der Waals surface area contributed by atoms with Gasteiger partial charge >= 0.3 is 12.1 Å². The highest BCUT2D eigenvalue weighted by molar-refractivity contribution is 5.65. The first kappa shape index (κ1) is 9.70. The van der Waals surface area contributed by atoms with Gasteiger partial charge in [-0.05, 0) is 6.07 Å². The molecule has 1 amide bonds. The first-order valence-electron chi connectivity index (χ1n) is 4.67. The average Bonchev–Trinajstić information content (AvgIpc) is 2.68. The third-order valence-electron chi connectivity index (χ3n) is 2.23. The first-order valence-corrected chi connectivity index (χ1v) is 4.67. The van der Waals surface area contributed by atoms with E-state index in [1.165, 1.54) is 4.90 Å². The van der Waals surface area contributed by atoms with Gasteiger partial charge in [0.1, 0.15) is 6.10 Å². The monoisotopic (exact) mass is 209 g/mol. The van der Waals surface area contributed by atoms with Gasteiger partial charge in [0, 0.05) is 25.4 Å². The molecule has 0 aromatic carbocycles. The van der Waals surface area contributed by atoms with Crippen LogP contribution >= 0.6 is 0 Å². The van der Waals surface area contributed by atoms with Gasteiger partial charge in [-0.25, -0.2) is 14.8 Å². The van der Waals surface area contributed by atoms with E-state index in [1.54, 1.807) is 18.5 Å². The van der Waals surface area contributed by atoms with Gasteiger partial charge in [-0.15, -0.1) is 0 Å². The number of nitrogens with zero attached hydrogens (tertiary/aromatic N) is 3. The van der Waals surface area contributed by atoms with E-state index in [0.29, 0.717) is 25.5 Å². The van der Waals surface area contributed by atoms with E-state index < -0.39 is 6.09 Å². The van der Waals surface area contributed by atoms with Crippen molar-refractivity contribution in [1.82, 2.24) is 14.9 Å². The average molecular weight is 209 g/mol. The molecule has 1 aromatic rings. The zero-order chi connectivity index (χ0) is 10.7. The highest BCUT2D eigenvalue weighted by Gasteiger charge is 2.27. The fraction of sp³-hybridized carbons (Fsp3) is 0.444. The Hall–Kier alpha value is -1.85. The van der Waals surface area contributed by atoms with Crippen molar-refractivity contribution >= 4 is 6.09 Å². The predicted octanol–water partition coefficient (Wildman–Crippen LogP) is 0.608. The first-order chi connectivity index (χ1) is 7.25. The van der Waals surface area contributed by atoms with E-state index in [2.05, 4.69) is 9.97 Å². The predicted molar refractivity (Wildman–Crippen MR) is 50.7 cm³/mol. The summed E-state index contributed by atoms with van der Waals surface area (Å²) in [6.07, 6.45) is 2.82. The summed E-state index contributed by atoms with van der Waals surface area (Å²) in [5.74, 6) is 0. The molecule has 1 aliphatic rings. The van der Waals surface area contributed by atoms with Gasteiger partial charge in [0.25, 0.3) is 0 Å². The Morgan fingerprint density at radius 1 is 1.53 bits per heavy atom. The summed E-state index contributed by atoms with van der Waals surface area (Å²) in [4.78, 5) is 19.8. The van der Waals surface area contributed by atoms with Gasteiger partial charge in [0.05, 0.1) is 6.54 Å². The number of likely N-dealkylation sites (tertiary alicyclic amines) is 1. The summed E-state index contributed by atoms with van der Waals surface area (Å²) in [6, 6.07) is 2.00. The summed E-state index contributed by atoms with van der Waals surface area (Å²) in [7, 11) is 0. The standard InChI is InChI=1S/C9H11N3O3/c13-9(14)12-5-2-7(6-12)15-8-10-3-1-4-11-8/h1,3-4,7H,2,5-6H2,(H,13,14)/t7-/m0/s1.